The zero-order chi connectivity index (χ0) is 27.4. The number of alkyl carbamates (subject to hydrolysis) is 1. The Morgan fingerprint density at radius 2 is 1.32 bits per heavy atom. The molecule has 38 heavy (non-hydrogen) atoms. The number of aliphatic carboxylic acids is 1. The van der Waals surface area contributed by atoms with E-state index in [0.29, 0.717) is 32.1 Å². The molecule has 4 saturated carbocycles. The molecule has 0 spiro atoms. The molecule has 5 rings (SSSR count). The molecule has 0 saturated heterocycles. The van der Waals surface area contributed by atoms with E-state index in [4.69, 9.17) is 14.2 Å². The van der Waals surface area contributed by atoms with Crippen LogP contribution in [0.4, 0.5) is 4.79 Å². The number of hydrogen-bond donors (Lipinski definition) is 2. The van der Waals surface area contributed by atoms with E-state index in [2.05, 4.69) is 5.32 Å². The van der Waals surface area contributed by atoms with Crippen LogP contribution in [0.3, 0.4) is 0 Å². The van der Waals surface area contributed by atoms with Crippen molar-refractivity contribution in [3.8, 4) is 0 Å². The van der Waals surface area contributed by atoms with Gasteiger partial charge in [0, 0.05) is 5.54 Å². The smallest absolute Gasteiger partial charge is 0.407 e. The first kappa shape index (κ1) is 27.9. The molecular weight excluding hydrogens is 490 g/mol. The van der Waals surface area contributed by atoms with E-state index in [9.17, 15) is 24.3 Å². The predicted molar refractivity (Wildman–Crippen MR) is 137 cm³/mol. The summed E-state index contributed by atoms with van der Waals surface area (Å²) >= 11 is 0. The number of carbonyl (C=O) groups is 4. The fourth-order valence-corrected chi connectivity index (χ4v) is 7.41. The molecule has 4 aliphatic carbocycles. The Bertz CT molecular complexity index is 1060. The van der Waals surface area contributed by atoms with E-state index in [1.54, 1.807) is 0 Å². The van der Waals surface area contributed by atoms with Gasteiger partial charge >= 0.3 is 24.0 Å². The lowest BCUT2D eigenvalue weighted by molar-refractivity contribution is -0.158. The summed E-state index contributed by atoms with van der Waals surface area (Å²) in [6.45, 7) is 0.255. The van der Waals surface area contributed by atoms with E-state index in [0.717, 1.165) is 50.5 Å². The molecule has 4 unspecified atom stereocenters. The van der Waals surface area contributed by atoms with Gasteiger partial charge in [0.1, 0.15) is 6.61 Å². The summed E-state index contributed by atoms with van der Waals surface area (Å²) in [5, 5.41) is 12.3. The maximum absolute atomic E-state index is 12.2. The van der Waals surface area contributed by atoms with Crippen LogP contribution in [0.25, 0.3) is 0 Å². The number of fused-ring (bicyclic) bond motifs is 4. The van der Waals surface area contributed by atoms with Crippen molar-refractivity contribution in [1.29, 1.82) is 0 Å². The molecule has 1 amide bonds. The van der Waals surface area contributed by atoms with Gasteiger partial charge in [-0.25, -0.2) is 4.79 Å². The van der Waals surface area contributed by atoms with Gasteiger partial charge in [-0.3, -0.25) is 14.4 Å². The van der Waals surface area contributed by atoms with Gasteiger partial charge in [-0.1, -0.05) is 36.8 Å². The van der Waals surface area contributed by atoms with E-state index < -0.39 is 28.3 Å². The second-order valence-electron chi connectivity index (χ2n) is 11.7. The summed E-state index contributed by atoms with van der Waals surface area (Å²) in [6, 6.07) is 9.60. The van der Waals surface area contributed by atoms with Crippen LogP contribution in [0.5, 0.6) is 0 Å². The molecule has 0 aliphatic heterocycles. The van der Waals surface area contributed by atoms with Crippen LogP contribution < -0.4 is 5.32 Å². The number of amides is 1. The Labute approximate surface area is 223 Å². The second kappa shape index (κ2) is 10.9. The third kappa shape index (κ3) is 5.38. The Balaban J connectivity index is 0.000000194. The quantitative estimate of drug-likeness (QED) is 0.399. The highest BCUT2D eigenvalue weighted by Crippen LogP contribution is 2.59. The highest BCUT2D eigenvalue weighted by molar-refractivity contribution is 5.82. The summed E-state index contributed by atoms with van der Waals surface area (Å²) in [4.78, 5) is 47.2. The summed E-state index contributed by atoms with van der Waals surface area (Å²) in [6.07, 6.45) is 8.59. The number of benzene rings is 1. The number of esters is 2. The zero-order valence-electron chi connectivity index (χ0n) is 22.4. The molecule has 0 aromatic heterocycles. The number of rotatable bonds is 6. The van der Waals surface area contributed by atoms with Crippen molar-refractivity contribution in [2.24, 2.45) is 16.2 Å². The fraction of sp³-hybridized carbons (Fsp3) is 0.655. The van der Waals surface area contributed by atoms with Crippen LogP contribution in [0.2, 0.25) is 0 Å². The van der Waals surface area contributed by atoms with Gasteiger partial charge < -0.3 is 24.6 Å². The highest BCUT2D eigenvalue weighted by Gasteiger charge is 2.59. The molecule has 1 aromatic rings. The topological polar surface area (TPSA) is 128 Å². The van der Waals surface area contributed by atoms with Gasteiger partial charge in [0.25, 0.3) is 0 Å². The fourth-order valence-electron chi connectivity index (χ4n) is 7.41. The van der Waals surface area contributed by atoms with Crippen molar-refractivity contribution in [2.75, 3.05) is 14.2 Å². The summed E-state index contributed by atoms with van der Waals surface area (Å²) in [7, 11) is 2.82. The number of carboxylic acids is 1. The van der Waals surface area contributed by atoms with Crippen LogP contribution in [-0.2, 0) is 35.2 Å². The minimum Gasteiger partial charge on any atom is -0.481 e. The lowest BCUT2D eigenvalue weighted by Crippen LogP contribution is -2.50. The van der Waals surface area contributed by atoms with Crippen molar-refractivity contribution < 1.29 is 38.5 Å². The molecule has 2 N–H and O–H groups in total. The van der Waals surface area contributed by atoms with Gasteiger partial charge in [-0.2, -0.15) is 0 Å². The third-order valence-electron chi connectivity index (χ3n) is 9.41. The van der Waals surface area contributed by atoms with E-state index in [-0.39, 0.29) is 24.1 Å². The van der Waals surface area contributed by atoms with E-state index in [1.807, 2.05) is 30.3 Å². The summed E-state index contributed by atoms with van der Waals surface area (Å²) in [5.41, 5.74) is -0.920. The molecule has 9 nitrogen and oxygen atoms in total. The maximum atomic E-state index is 12.2. The number of nitrogens with one attached hydrogen (secondary N) is 1. The first-order valence-electron chi connectivity index (χ1n) is 13.5. The molecule has 4 atom stereocenters. The normalized spacial score (nSPS) is 32.8. The first-order chi connectivity index (χ1) is 18.1. The van der Waals surface area contributed by atoms with Crippen LogP contribution >= 0.6 is 0 Å². The number of carboxylic acid groups (broad SMARTS) is 1. The monoisotopic (exact) mass is 529 g/mol. The molecule has 4 aliphatic rings. The Kier molecular flexibility index (Phi) is 8.04. The SMILES string of the molecule is COC(=O)C12CCCC(C(=O)O)(CC1)C2.COC(=O)C12CCCC(NC(=O)OCc3ccccc3)(CC1)C2. The number of methoxy groups -OCH3 is 2. The molecule has 0 heterocycles. The molecule has 0 radical (unpaired) electrons. The zero-order valence-corrected chi connectivity index (χ0v) is 22.4. The number of hydrogen-bond acceptors (Lipinski definition) is 7. The van der Waals surface area contributed by atoms with Gasteiger partial charge in [0.15, 0.2) is 0 Å². The largest absolute Gasteiger partial charge is 0.481 e. The molecule has 208 valence electrons. The Morgan fingerprint density at radius 3 is 1.95 bits per heavy atom. The van der Waals surface area contributed by atoms with E-state index >= 15 is 0 Å². The highest BCUT2D eigenvalue weighted by atomic mass is 16.5. The first-order valence-corrected chi connectivity index (χ1v) is 13.5. The van der Waals surface area contributed by atoms with Crippen molar-refractivity contribution >= 4 is 24.0 Å². The molecule has 4 fully saturated rings. The van der Waals surface area contributed by atoms with E-state index in [1.165, 1.54) is 14.2 Å². The predicted octanol–water partition coefficient (Wildman–Crippen LogP) is 4.76. The Hall–Kier alpha value is -3.10. The van der Waals surface area contributed by atoms with Crippen LogP contribution in [0.15, 0.2) is 30.3 Å². The second-order valence-corrected chi connectivity index (χ2v) is 11.7. The maximum Gasteiger partial charge on any atom is 0.407 e. The minimum atomic E-state index is -0.743. The lowest BCUT2D eigenvalue weighted by atomic mass is 9.69. The van der Waals surface area contributed by atoms with Crippen LogP contribution in [0.1, 0.15) is 82.6 Å². The van der Waals surface area contributed by atoms with Crippen molar-refractivity contribution in [3.63, 3.8) is 0 Å². The third-order valence-corrected chi connectivity index (χ3v) is 9.41. The standard InChI is InChI=1S/C18H23NO4.C11H16O4/c1-22-15(20)17-8-5-9-18(13-17,11-10-17)19-16(21)23-12-14-6-3-2-4-7-14;1-15-9(14)11-4-2-3-10(7-11,5-6-11)8(12)13/h2-4,6-7H,5,8-13H2,1H3,(H,19,21);2-7H2,1H3,(H,12,13). The molecule has 4 bridgehead atoms. The van der Waals surface area contributed by atoms with Crippen LogP contribution in [-0.4, -0.2) is 48.9 Å². The van der Waals surface area contributed by atoms with Gasteiger partial charge in [-0.05, 0) is 76.2 Å². The van der Waals surface area contributed by atoms with Crippen molar-refractivity contribution in [3.05, 3.63) is 35.9 Å². The molecule has 9 heteroatoms. The molecule has 1 aromatic carbocycles. The van der Waals surface area contributed by atoms with Crippen LogP contribution in [0, 0.1) is 16.2 Å². The Morgan fingerprint density at radius 1 is 0.763 bits per heavy atom. The number of carbonyl (C=O) groups excluding carboxylic acids is 3. The average molecular weight is 530 g/mol. The van der Waals surface area contributed by atoms with Gasteiger partial charge in [0.2, 0.25) is 0 Å². The molecular formula is C29H39NO8. The number of ether oxygens (including phenoxy) is 3. The average Bonchev–Trinajstić information content (AvgIpc) is 3.37. The van der Waals surface area contributed by atoms with Gasteiger partial charge in [-0.15, -0.1) is 0 Å². The summed E-state index contributed by atoms with van der Waals surface area (Å²) < 4.78 is 15.1. The lowest BCUT2D eigenvalue weighted by Gasteiger charge is -2.38. The summed E-state index contributed by atoms with van der Waals surface area (Å²) in [5.74, 6) is -1.10. The van der Waals surface area contributed by atoms with Crippen molar-refractivity contribution in [1.82, 2.24) is 5.32 Å². The van der Waals surface area contributed by atoms with Crippen molar-refractivity contribution in [2.45, 2.75) is 89.2 Å². The minimum absolute atomic E-state index is 0.140. The van der Waals surface area contributed by atoms with Gasteiger partial charge in [0.05, 0.1) is 30.5 Å².